The Morgan fingerprint density at radius 2 is 1.75 bits per heavy atom. The molecular weight excluding hydrogens is 357 g/mol. The zero-order valence-corrected chi connectivity index (χ0v) is 15.0. The highest BCUT2D eigenvalue weighted by atomic mass is 19.1. The molecule has 0 radical (unpaired) electrons. The van der Waals surface area contributed by atoms with Crippen LogP contribution in [0, 0.1) is 12.7 Å². The average Bonchev–Trinajstić information content (AvgIpc) is 3.08. The van der Waals surface area contributed by atoms with Crippen molar-refractivity contribution in [1.82, 2.24) is 19.8 Å². The predicted molar refractivity (Wildman–Crippen MR) is 105 cm³/mol. The highest BCUT2D eigenvalue weighted by Crippen LogP contribution is 2.20. The van der Waals surface area contributed by atoms with E-state index < -0.39 is 0 Å². The van der Waals surface area contributed by atoms with Crippen molar-refractivity contribution in [3.8, 4) is 11.3 Å². The number of fused-ring (bicyclic) bond motifs is 1. The Labute approximate surface area is 160 Å². The van der Waals surface area contributed by atoms with Crippen LogP contribution in [0.5, 0.6) is 0 Å². The van der Waals surface area contributed by atoms with Gasteiger partial charge in [0, 0.05) is 17.3 Å². The summed E-state index contributed by atoms with van der Waals surface area (Å²) in [7, 11) is 0. The van der Waals surface area contributed by atoms with E-state index >= 15 is 0 Å². The van der Waals surface area contributed by atoms with E-state index in [1.54, 1.807) is 22.7 Å². The molecule has 2 aromatic carbocycles. The second kappa shape index (κ2) is 7.40. The summed E-state index contributed by atoms with van der Waals surface area (Å²) in [4.78, 5) is 12.1. The summed E-state index contributed by atoms with van der Waals surface area (Å²) in [5.74, 6) is 0.139. The molecule has 7 heteroatoms. The van der Waals surface area contributed by atoms with E-state index in [1.807, 2.05) is 43.3 Å². The number of carbonyl (C=O) groups is 1. The topological polar surface area (TPSA) is 72.2 Å². The lowest BCUT2D eigenvalue weighted by molar-refractivity contribution is -0.111. The standard InChI is InChI=1S/C21H16FN5O/c1-14-24-25-20-12-11-19(26-27(14)20)16-5-9-18(10-6-16)23-21(28)13-4-15-2-7-17(22)8-3-15/h2-13H,1H3,(H,23,28)/b13-4+. The lowest BCUT2D eigenvalue weighted by Gasteiger charge is -2.05. The molecule has 1 N–H and O–H groups in total. The Bertz CT molecular complexity index is 1160. The highest BCUT2D eigenvalue weighted by Gasteiger charge is 2.06. The van der Waals surface area contributed by atoms with E-state index in [4.69, 9.17) is 0 Å². The number of aromatic nitrogens is 4. The molecular formula is C21H16FN5O. The molecule has 0 saturated carbocycles. The second-order valence-electron chi connectivity index (χ2n) is 6.19. The van der Waals surface area contributed by atoms with Gasteiger partial charge in [-0.25, -0.2) is 4.39 Å². The molecule has 0 aliphatic rings. The first kappa shape index (κ1) is 17.5. The number of hydrogen-bond acceptors (Lipinski definition) is 4. The summed E-state index contributed by atoms with van der Waals surface area (Å²) >= 11 is 0. The number of benzene rings is 2. The van der Waals surface area contributed by atoms with Crippen LogP contribution in [0.2, 0.25) is 0 Å². The zero-order chi connectivity index (χ0) is 19.5. The van der Waals surface area contributed by atoms with E-state index in [9.17, 15) is 9.18 Å². The van der Waals surface area contributed by atoms with Crippen LogP contribution < -0.4 is 5.32 Å². The van der Waals surface area contributed by atoms with Gasteiger partial charge in [0.25, 0.3) is 0 Å². The predicted octanol–water partition coefficient (Wildman–Crippen LogP) is 3.89. The molecule has 6 nitrogen and oxygen atoms in total. The molecule has 0 aliphatic carbocycles. The summed E-state index contributed by atoms with van der Waals surface area (Å²) in [5.41, 5.74) is 3.80. The van der Waals surface area contributed by atoms with Crippen LogP contribution in [-0.4, -0.2) is 25.7 Å². The lowest BCUT2D eigenvalue weighted by atomic mass is 10.1. The molecule has 0 atom stereocenters. The maximum Gasteiger partial charge on any atom is 0.248 e. The first-order chi connectivity index (χ1) is 13.6. The Morgan fingerprint density at radius 1 is 1.00 bits per heavy atom. The molecule has 0 aliphatic heterocycles. The van der Waals surface area contributed by atoms with E-state index in [1.165, 1.54) is 18.2 Å². The van der Waals surface area contributed by atoms with Crippen LogP contribution in [0.1, 0.15) is 11.4 Å². The molecule has 138 valence electrons. The van der Waals surface area contributed by atoms with Gasteiger partial charge in [0.05, 0.1) is 5.69 Å². The third-order valence-electron chi connectivity index (χ3n) is 4.16. The highest BCUT2D eigenvalue weighted by molar-refractivity contribution is 6.02. The number of nitrogens with one attached hydrogen (secondary N) is 1. The van der Waals surface area contributed by atoms with E-state index in [-0.39, 0.29) is 11.7 Å². The number of hydrogen-bond donors (Lipinski definition) is 1. The number of rotatable bonds is 4. The van der Waals surface area contributed by atoms with Crippen molar-refractivity contribution in [3.63, 3.8) is 0 Å². The molecule has 0 fully saturated rings. The minimum Gasteiger partial charge on any atom is -0.323 e. The average molecular weight is 373 g/mol. The van der Waals surface area contributed by atoms with Crippen LogP contribution in [0.4, 0.5) is 10.1 Å². The third-order valence-corrected chi connectivity index (χ3v) is 4.16. The van der Waals surface area contributed by atoms with Crippen LogP contribution in [0.15, 0.2) is 66.7 Å². The molecule has 4 rings (SSSR count). The molecule has 4 aromatic rings. The van der Waals surface area contributed by atoms with Gasteiger partial charge in [0.15, 0.2) is 11.5 Å². The summed E-state index contributed by atoms with van der Waals surface area (Å²) < 4.78 is 14.6. The number of anilines is 1. The Morgan fingerprint density at radius 3 is 2.50 bits per heavy atom. The molecule has 0 spiro atoms. The first-order valence-corrected chi connectivity index (χ1v) is 8.63. The fourth-order valence-corrected chi connectivity index (χ4v) is 2.70. The minimum absolute atomic E-state index is 0.267. The third kappa shape index (κ3) is 3.78. The zero-order valence-electron chi connectivity index (χ0n) is 15.0. The molecule has 0 bridgehead atoms. The molecule has 28 heavy (non-hydrogen) atoms. The van der Waals surface area contributed by atoms with Crippen molar-refractivity contribution in [3.05, 3.63) is 83.9 Å². The first-order valence-electron chi connectivity index (χ1n) is 8.63. The van der Waals surface area contributed by atoms with E-state index in [0.29, 0.717) is 17.2 Å². The number of amides is 1. The Hall–Kier alpha value is -3.87. The van der Waals surface area contributed by atoms with E-state index in [2.05, 4.69) is 20.6 Å². The van der Waals surface area contributed by atoms with Crippen LogP contribution in [-0.2, 0) is 4.79 Å². The maximum absolute atomic E-state index is 12.9. The van der Waals surface area contributed by atoms with Gasteiger partial charge in [0.1, 0.15) is 5.82 Å². The molecule has 2 aromatic heterocycles. The number of aryl methyl sites for hydroxylation is 1. The van der Waals surface area contributed by atoms with Crippen molar-refractivity contribution in [2.75, 3.05) is 5.32 Å². The van der Waals surface area contributed by atoms with Crippen LogP contribution in [0.3, 0.4) is 0 Å². The fraction of sp³-hybridized carbons (Fsp3) is 0.0476. The number of carbonyl (C=O) groups excluding carboxylic acids is 1. The maximum atomic E-state index is 12.9. The normalized spacial score (nSPS) is 11.2. The van der Waals surface area contributed by atoms with E-state index in [0.717, 1.165) is 16.8 Å². The van der Waals surface area contributed by atoms with Crippen molar-refractivity contribution in [1.29, 1.82) is 0 Å². The number of nitrogens with zero attached hydrogens (tertiary/aromatic N) is 4. The quantitative estimate of drug-likeness (QED) is 0.551. The van der Waals surface area contributed by atoms with Gasteiger partial charge < -0.3 is 5.32 Å². The monoisotopic (exact) mass is 373 g/mol. The van der Waals surface area contributed by atoms with Gasteiger partial charge in [-0.2, -0.15) is 9.61 Å². The molecule has 0 saturated heterocycles. The van der Waals surface area contributed by atoms with Crippen molar-refractivity contribution in [2.45, 2.75) is 6.92 Å². The van der Waals surface area contributed by atoms with Crippen molar-refractivity contribution < 1.29 is 9.18 Å². The molecule has 2 heterocycles. The van der Waals surface area contributed by atoms with Gasteiger partial charge in [-0.15, -0.1) is 10.2 Å². The van der Waals surface area contributed by atoms with Crippen LogP contribution in [0.25, 0.3) is 23.0 Å². The van der Waals surface area contributed by atoms with Gasteiger partial charge in [-0.1, -0.05) is 24.3 Å². The Balaban J connectivity index is 1.45. The molecule has 1 amide bonds. The van der Waals surface area contributed by atoms with Gasteiger partial charge in [0.2, 0.25) is 5.91 Å². The molecule has 0 unspecified atom stereocenters. The smallest absolute Gasteiger partial charge is 0.248 e. The second-order valence-corrected chi connectivity index (χ2v) is 6.19. The summed E-state index contributed by atoms with van der Waals surface area (Å²) in [5, 5.41) is 15.3. The lowest BCUT2D eigenvalue weighted by Crippen LogP contribution is -2.07. The largest absolute Gasteiger partial charge is 0.323 e. The summed E-state index contributed by atoms with van der Waals surface area (Å²) in [6.07, 6.45) is 3.04. The summed E-state index contributed by atoms with van der Waals surface area (Å²) in [6, 6.07) is 17.0. The number of halogens is 1. The summed E-state index contributed by atoms with van der Waals surface area (Å²) in [6.45, 7) is 1.84. The van der Waals surface area contributed by atoms with Crippen molar-refractivity contribution >= 4 is 23.3 Å². The van der Waals surface area contributed by atoms with Gasteiger partial charge in [-0.05, 0) is 55.0 Å². The fourth-order valence-electron chi connectivity index (χ4n) is 2.70. The van der Waals surface area contributed by atoms with Crippen molar-refractivity contribution in [2.24, 2.45) is 0 Å². The van der Waals surface area contributed by atoms with Gasteiger partial charge >= 0.3 is 0 Å². The SMILES string of the molecule is Cc1nnc2ccc(-c3ccc(NC(=O)/C=C/c4ccc(F)cc4)cc3)nn12. The minimum atomic E-state index is -0.310. The van der Waals surface area contributed by atoms with Crippen LogP contribution >= 0.6 is 0 Å². The Kier molecular flexibility index (Phi) is 4.63. The van der Waals surface area contributed by atoms with Gasteiger partial charge in [-0.3, -0.25) is 4.79 Å².